The summed E-state index contributed by atoms with van der Waals surface area (Å²) in [5, 5.41) is 0. The Kier molecular flexibility index (Phi) is 4.05. The maximum Gasteiger partial charge on any atom is 0.0395 e. The van der Waals surface area contributed by atoms with E-state index < -0.39 is 0 Å². The molecular weight excluding hydrogens is 222 g/mol. The standard InChI is InChI=1S/C15H25N3/c1-15(2,16)14-12-18(10-9-17(14)3)11-13-7-5-4-6-8-13/h4-8,14H,9-12,16H2,1-3H3. The fourth-order valence-corrected chi connectivity index (χ4v) is 2.72. The molecular formula is C15H25N3. The molecule has 0 saturated carbocycles. The van der Waals surface area contributed by atoms with E-state index in [4.69, 9.17) is 5.73 Å². The van der Waals surface area contributed by atoms with Crippen molar-refractivity contribution < 1.29 is 0 Å². The van der Waals surface area contributed by atoms with Gasteiger partial charge >= 0.3 is 0 Å². The van der Waals surface area contributed by atoms with E-state index in [1.54, 1.807) is 0 Å². The van der Waals surface area contributed by atoms with Crippen LogP contribution >= 0.6 is 0 Å². The number of benzene rings is 1. The number of likely N-dealkylation sites (N-methyl/N-ethyl adjacent to an activating group) is 1. The van der Waals surface area contributed by atoms with Gasteiger partial charge in [0.15, 0.2) is 0 Å². The average molecular weight is 247 g/mol. The van der Waals surface area contributed by atoms with Gasteiger partial charge in [-0.3, -0.25) is 9.80 Å². The Hall–Kier alpha value is -0.900. The summed E-state index contributed by atoms with van der Waals surface area (Å²) in [5.41, 5.74) is 7.52. The highest BCUT2D eigenvalue weighted by Crippen LogP contribution is 2.18. The topological polar surface area (TPSA) is 32.5 Å². The molecule has 3 heteroatoms. The number of nitrogens with zero attached hydrogens (tertiary/aromatic N) is 2. The quantitative estimate of drug-likeness (QED) is 0.879. The van der Waals surface area contributed by atoms with Crippen LogP contribution in [0.25, 0.3) is 0 Å². The van der Waals surface area contributed by atoms with E-state index in [2.05, 4.69) is 61.0 Å². The van der Waals surface area contributed by atoms with Crippen molar-refractivity contribution in [2.75, 3.05) is 26.7 Å². The first-order valence-electron chi connectivity index (χ1n) is 6.72. The maximum atomic E-state index is 6.29. The fraction of sp³-hybridized carbons (Fsp3) is 0.600. The van der Waals surface area contributed by atoms with Crippen molar-refractivity contribution in [3.05, 3.63) is 35.9 Å². The number of hydrogen-bond acceptors (Lipinski definition) is 3. The molecule has 1 aromatic rings. The Morgan fingerprint density at radius 3 is 2.50 bits per heavy atom. The molecule has 1 atom stereocenters. The van der Waals surface area contributed by atoms with Crippen molar-refractivity contribution in [2.24, 2.45) is 5.73 Å². The molecule has 1 aromatic carbocycles. The minimum absolute atomic E-state index is 0.149. The van der Waals surface area contributed by atoms with Crippen molar-refractivity contribution in [3.8, 4) is 0 Å². The third-order valence-corrected chi connectivity index (χ3v) is 3.84. The first kappa shape index (κ1) is 13.5. The van der Waals surface area contributed by atoms with Crippen LogP contribution in [0, 0.1) is 0 Å². The molecule has 100 valence electrons. The molecule has 0 aliphatic carbocycles. The van der Waals surface area contributed by atoms with Crippen LogP contribution in [0.15, 0.2) is 30.3 Å². The second-order valence-electron chi connectivity index (χ2n) is 6.04. The monoisotopic (exact) mass is 247 g/mol. The zero-order valence-corrected chi connectivity index (χ0v) is 11.8. The van der Waals surface area contributed by atoms with Gasteiger partial charge in [0, 0.05) is 37.8 Å². The van der Waals surface area contributed by atoms with Gasteiger partial charge in [0.05, 0.1) is 0 Å². The zero-order valence-electron chi connectivity index (χ0n) is 11.8. The zero-order chi connectivity index (χ0) is 13.2. The Bertz CT molecular complexity index is 369. The van der Waals surface area contributed by atoms with Gasteiger partial charge in [0.1, 0.15) is 0 Å². The number of nitrogens with two attached hydrogens (primary N) is 1. The first-order chi connectivity index (χ1) is 8.47. The normalized spacial score (nSPS) is 23.2. The molecule has 0 spiro atoms. The molecule has 1 aliphatic heterocycles. The highest BCUT2D eigenvalue weighted by molar-refractivity contribution is 5.14. The van der Waals surface area contributed by atoms with Crippen LogP contribution in [0.5, 0.6) is 0 Å². The van der Waals surface area contributed by atoms with Gasteiger partial charge in [-0.05, 0) is 26.5 Å². The van der Waals surface area contributed by atoms with E-state index in [0.717, 1.165) is 26.2 Å². The van der Waals surface area contributed by atoms with Crippen LogP contribution in [0.1, 0.15) is 19.4 Å². The molecule has 0 amide bonds. The molecule has 0 bridgehead atoms. The second kappa shape index (κ2) is 5.39. The molecule has 2 rings (SSSR count). The van der Waals surface area contributed by atoms with Crippen molar-refractivity contribution in [3.63, 3.8) is 0 Å². The van der Waals surface area contributed by atoms with Gasteiger partial charge in [0.2, 0.25) is 0 Å². The Balaban J connectivity index is 2.00. The van der Waals surface area contributed by atoms with Gasteiger partial charge < -0.3 is 5.73 Å². The second-order valence-corrected chi connectivity index (χ2v) is 6.04. The highest BCUT2D eigenvalue weighted by atomic mass is 15.3. The van der Waals surface area contributed by atoms with Gasteiger partial charge in [-0.2, -0.15) is 0 Å². The van der Waals surface area contributed by atoms with Crippen LogP contribution in [-0.4, -0.2) is 48.1 Å². The van der Waals surface area contributed by atoms with Gasteiger partial charge in [-0.25, -0.2) is 0 Å². The molecule has 2 N–H and O–H groups in total. The lowest BCUT2D eigenvalue weighted by atomic mass is 9.92. The molecule has 1 aliphatic rings. The van der Waals surface area contributed by atoms with Crippen molar-refractivity contribution >= 4 is 0 Å². The molecule has 1 heterocycles. The number of piperazine rings is 1. The average Bonchev–Trinajstić information content (AvgIpc) is 2.31. The molecule has 0 radical (unpaired) electrons. The minimum Gasteiger partial charge on any atom is -0.324 e. The maximum absolute atomic E-state index is 6.29. The van der Waals surface area contributed by atoms with E-state index in [9.17, 15) is 0 Å². The van der Waals surface area contributed by atoms with Gasteiger partial charge in [-0.15, -0.1) is 0 Å². The molecule has 18 heavy (non-hydrogen) atoms. The van der Waals surface area contributed by atoms with Crippen LogP contribution in [0.2, 0.25) is 0 Å². The Morgan fingerprint density at radius 1 is 1.22 bits per heavy atom. The van der Waals surface area contributed by atoms with E-state index in [0.29, 0.717) is 6.04 Å². The summed E-state index contributed by atoms with van der Waals surface area (Å²) in [6.07, 6.45) is 0. The molecule has 3 nitrogen and oxygen atoms in total. The molecule has 1 saturated heterocycles. The fourth-order valence-electron chi connectivity index (χ4n) is 2.72. The van der Waals surface area contributed by atoms with E-state index >= 15 is 0 Å². The summed E-state index contributed by atoms with van der Waals surface area (Å²) >= 11 is 0. The Labute approximate surface area is 111 Å². The van der Waals surface area contributed by atoms with Gasteiger partial charge in [0.25, 0.3) is 0 Å². The minimum atomic E-state index is -0.149. The van der Waals surface area contributed by atoms with Crippen molar-refractivity contribution in [1.82, 2.24) is 9.80 Å². The lowest BCUT2D eigenvalue weighted by molar-refractivity contribution is 0.0546. The summed E-state index contributed by atoms with van der Waals surface area (Å²) < 4.78 is 0. The summed E-state index contributed by atoms with van der Waals surface area (Å²) in [4.78, 5) is 4.90. The van der Waals surface area contributed by atoms with E-state index in [1.807, 2.05) is 0 Å². The number of hydrogen-bond donors (Lipinski definition) is 1. The van der Waals surface area contributed by atoms with E-state index in [1.165, 1.54) is 5.56 Å². The van der Waals surface area contributed by atoms with Crippen LogP contribution in [0.4, 0.5) is 0 Å². The van der Waals surface area contributed by atoms with Gasteiger partial charge in [-0.1, -0.05) is 30.3 Å². The highest BCUT2D eigenvalue weighted by Gasteiger charge is 2.33. The SMILES string of the molecule is CN1CCN(Cc2ccccc2)CC1C(C)(C)N. The van der Waals surface area contributed by atoms with Crippen LogP contribution < -0.4 is 5.73 Å². The largest absolute Gasteiger partial charge is 0.324 e. The van der Waals surface area contributed by atoms with Crippen LogP contribution in [0.3, 0.4) is 0 Å². The predicted molar refractivity (Wildman–Crippen MR) is 76.4 cm³/mol. The first-order valence-corrected chi connectivity index (χ1v) is 6.72. The van der Waals surface area contributed by atoms with E-state index in [-0.39, 0.29) is 5.54 Å². The van der Waals surface area contributed by atoms with Crippen molar-refractivity contribution in [2.45, 2.75) is 32.0 Å². The smallest absolute Gasteiger partial charge is 0.0395 e. The lowest BCUT2D eigenvalue weighted by Crippen LogP contribution is -2.62. The molecule has 0 aromatic heterocycles. The summed E-state index contributed by atoms with van der Waals surface area (Å²) in [6, 6.07) is 11.1. The number of rotatable bonds is 3. The summed E-state index contributed by atoms with van der Waals surface area (Å²) in [7, 11) is 2.18. The summed E-state index contributed by atoms with van der Waals surface area (Å²) in [6.45, 7) is 8.55. The predicted octanol–water partition coefficient (Wildman–Crippen LogP) is 1.54. The van der Waals surface area contributed by atoms with Crippen molar-refractivity contribution in [1.29, 1.82) is 0 Å². The molecule has 1 fully saturated rings. The third-order valence-electron chi connectivity index (χ3n) is 3.84. The lowest BCUT2D eigenvalue weighted by Gasteiger charge is -2.45. The Morgan fingerprint density at radius 2 is 1.89 bits per heavy atom. The van der Waals surface area contributed by atoms with Crippen LogP contribution in [-0.2, 0) is 6.54 Å². The third kappa shape index (κ3) is 3.31. The summed E-state index contributed by atoms with van der Waals surface area (Å²) in [5.74, 6) is 0. The molecule has 1 unspecified atom stereocenters.